The van der Waals surface area contributed by atoms with Crippen molar-refractivity contribution in [3.63, 3.8) is 0 Å². The van der Waals surface area contributed by atoms with Crippen molar-refractivity contribution in [2.24, 2.45) is 0 Å². The lowest BCUT2D eigenvalue weighted by Crippen LogP contribution is -2.29. The Morgan fingerprint density at radius 2 is 1.67 bits per heavy atom. The fourth-order valence-electron chi connectivity index (χ4n) is 2.84. The highest BCUT2D eigenvalue weighted by molar-refractivity contribution is 5.93. The van der Waals surface area contributed by atoms with Gasteiger partial charge in [0.2, 0.25) is 0 Å². The molecular formula is C22H24N4O. The Morgan fingerprint density at radius 1 is 0.926 bits per heavy atom. The summed E-state index contributed by atoms with van der Waals surface area (Å²) < 4.78 is 0. The second kappa shape index (κ2) is 8.94. The van der Waals surface area contributed by atoms with E-state index in [9.17, 15) is 4.79 Å². The Labute approximate surface area is 160 Å². The van der Waals surface area contributed by atoms with Gasteiger partial charge >= 0.3 is 0 Å². The van der Waals surface area contributed by atoms with E-state index in [-0.39, 0.29) is 5.91 Å². The lowest BCUT2D eigenvalue weighted by atomic mass is 10.2. The first-order chi connectivity index (χ1) is 13.1. The van der Waals surface area contributed by atoms with Crippen LogP contribution in [-0.4, -0.2) is 41.4 Å². The normalized spacial score (nSPS) is 10.4. The van der Waals surface area contributed by atoms with Gasteiger partial charge in [-0.1, -0.05) is 30.3 Å². The first-order valence-corrected chi connectivity index (χ1v) is 8.99. The van der Waals surface area contributed by atoms with Gasteiger partial charge in [-0.25, -0.2) is 4.98 Å². The van der Waals surface area contributed by atoms with Crippen molar-refractivity contribution in [2.75, 3.05) is 25.5 Å². The van der Waals surface area contributed by atoms with Crippen LogP contribution in [0.2, 0.25) is 0 Å². The Hall–Kier alpha value is -3.21. The molecule has 5 heteroatoms. The molecule has 0 aliphatic rings. The summed E-state index contributed by atoms with van der Waals surface area (Å²) in [5.41, 5.74) is 2.99. The molecule has 2 aromatic heterocycles. The predicted molar refractivity (Wildman–Crippen MR) is 108 cm³/mol. The number of likely N-dealkylation sites (N-methyl/N-ethyl adjacent to an activating group) is 1. The minimum atomic E-state index is -0.0196. The minimum absolute atomic E-state index is 0.0196. The molecule has 2 heterocycles. The average molecular weight is 360 g/mol. The number of pyridine rings is 2. The second-order valence-electron chi connectivity index (χ2n) is 6.58. The van der Waals surface area contributed by atoms with Crippen LogP contribution in [-0.2, 0) is 13.0 Å². The minimum Gasteiger partial charge on any atom is -0.355 e. The van der Waals surface area contributed by atoms with Crippen LogP contribution in [0.4, 0.5) is 5.82 Å². The Kier molecular flexibility index (Phi) is 6.15. The highest BCUT2D eigenvalue weighted by Crippen LogP contribution is 2.14. The molecule has 0 saturated heterocycles. The highest BCUT2D eigenvalue weighted by Gasteiger charge is 2.13. The maximum absolute atomic E-state index is 12.6. The first-order valence-electron chi connectivity index (χ1n) is 8.99. The molecule has 27 heavy (non-hydrogen) atoms. The molecule has 5 nitrogen and oxygen atoms in total. The number of benzene rings is 1. The molecule has 138 valence electrons. The van der Waals surface area contributed by atoms with Crippen LogP contribution >= 0.6 is 0 Å². The predicted octanol–water partition coefficient (Wildman–Crippen LogP) is 3.43. The van der Waals surface area contributed by atoms with E-state index in [0.29, 0.717) is 12.1 Å². The molecule has 0 atom stereocenters. The number of hydrogen-bond acceptors (Lipinski definition) is 4. The topological polar surface area (TPSA) is 49.3 Å². The van der Waals surface area contributed by atoms with E-state index >= 15 is 0 Å². The zero-order chi connectivity index (χ0) is 19.1. The van der Waals surface area contributed by atoms with Gasteiger partial charge in [0.05, 0.1) is 5.56 Å². The lowest BCUT2D eigenvalue weighted by Gasteiger charge is -2.20. The van der Waals surface area contributed by atoms with Crippen molar-refractivity contribution in [1.29, 1.82) is 0 Å². The summed E-state index contributed by atoms with van der Waals surface area (Å²) in [7, 11) is 3.82. The van der Waals surface area contributed by atoms with E-state index in [4.69, 9.17) is 0 Å². The maximum atomic E-state index is 12.6. The lowest BCUT2D eigenvalue weighted by molar-refractivity contribution is 0.0796. The summed E-state index contributed by atoms with van der Waals surface area (Å²) in [5.74, 6) is 0.823. The zero-order valence-corrected chi connectivity index (χ0v) is 15.7. The number of anilines is 1. The van der Waals surface area contributed by atoms with Crippen molar-refractivity contribution in [3.8, 4) is 0 Å². The molecule has 0 radical (unpaired) electrons. The van der Waals surface area contributed by atoms with Crippen molar-refractivity contribution in [3.05, 3.63) is 89.9 Å². The van der Waals surface area contributed by atoms with E-state index in [1.165, 1.54) is 11.1 Å². The van der Waals surface area contributed by atoms with Gasteiger partial charge in [0.15, 0.2) is 0 Å². The van der Waals surface area contributed by atoms with Gasteiger partial charge in [-0.15, -0.1) is 0 Å². The zero-order valence-electron chi connectivity index (χ0n) is 15.7. The monoisotopic (exact) mass is 360 g/mol. The van der Waals surface area contributed by atoms with Crippen LogP contribution < -0.4 is 4.90 Å². The van der Waals surface area contributed by atoms with Crippen molar-refractivity contribution in [1.82, 2.24) is 14.9 Å². The molecule has 3 aromatic rings. The molecule has 1 amide bonds. The van der Waals surface area contributed by atoms with Gasteiger partial charge in [-0.05, 0) is 41.8 Å². The Balaban J connectivity index is 1.57. The molecule has 1 aromatic carbocycles. The van der Waals surface area contributed by atoms with E-state index in [2.05, 4.69) is 27.0 Å². The molecule has 0 fully saturated rings. The molecule has 0 saturated carbocycles. The highest BCUT2D eigenvalue weighted by atomic mass is 16.2. The number of carbonyl (C=O) groups excluding carboxylic acids is 1. The number of carbonyl (C=O) groups is 1. The number of aromatic nitrogens is 2. The fourth-order valence-corrected chi connectivity index (χ4v) is 2.84. The smallest absolute Gasteiger partial charge is 0.255 e. The quantitative estimate of drug-likeness (QED) is 0.648. The van der Waals surface area contributed by atoms with Gasteiger partial charge in [-0.3, -0.25) is 9.78 Å². The molecule has 0 aliphatic carbocycles. The van der Waals surface area contributed by atoms with Crippen molar-refractivity contribution in [2.45, 2.75) is 13.0 Å². The van der Waals surface area contributed by atoms with Crippen LogP contribution in [0.3, 0.4) is 0 Å². The van der Waals surface area contributed by atoms with Gasteiger partial charge in [0, 0.05) is 45.8 Å². The number of nitrogens with zero attached hydrogens (tertiary/aromatic N) is 4. The number of rotatable bonds is 7. The third kappa shape index (κ3) is 5.14. The molecule has 0 bridgehead atoms. The summed E-state index contributed by atoms with van der Waals surface area (Å²) in [6.07, 6.45) is 6.00. The van der Waals surface area contributed by atoms with Gasteiger partial charge < -0.3 is 9.80 Å². The van der Waals surface area contributed by atoms with Crippen molar-refractivity contribution >= 4 is 11.7 Å². The van der Waals surface area contributed by atoms with Crippen LogP contribution in [0.1, 0.15) is 21.5 Å². The molecule has 0 spiro atoms. The van der Waals surface area contributed by atoms with E-state index in [1.54, 1.807) is 23.5 Å². The fraction of sp³-hybridized carbons (Fsp3) is 0.227. The molecule has 0 unspecified atom stereocenters. The van der Waals surface area contributed by atoms with Crippen LogP contribution in [0.5, 0.6) is 0 Å². The summed E-state index contributed by atoms with van der Waals surface area (Å²) in [4.78, 5) is 24.9. The summed E-state index contributed by atoms with van der Waals surface area (Å²) in [6.45, 7) is 1.42. The maximum Gasteiger partial charge on any atom is 0.255 e. The number of hydrogen-bond donors (Lipinski definition) is 0. The van der Waals surface area contributed by atoms with E-state index in [1.807, 2.05) is 56.6 Å². The second-order valence-corrected chi connectivity index (χ2v) is 6.58. The van der Waals surface area contributed by atoms with Crippen LogP contribution in [0, 0.1) is 0 Å². The van der Waals surface area contributed by atoms with E-state index in [0.717, 1.165) is 18.8 Å². The molecule has 0 aliphatic heterocycles. The molecule has 3 rings (SSSR count). The first kappa shape index (κ1) is 18.6. The summed E-state index contributed by atoms with van der Waals surface area (Å²) in [5, 5.41) is 0. The molecular weight excluding hydrogens is 336 g/mol. The Bertz CT molecular complexity index is 851. The number of amides is 1. The average Bonchev–Trinajstić information content (AvgIpc) is 2.73. The SMILES string of the molecule is CN(CCc1ccncc1)C(=O)c1ccc(N(C)Cc2ccccc2)nc1. The third-order valence-electron chi connectivity index (χ3n) is 4.48. The summed E-state index contributed by atoms with van der Waals surface area (Å²) in [6, 6.07) is 17.9. The van der Waals surface area contributed by atoms with Gasteiger partial charge in [-0.2, -0.15) is 0 Å². The Morgan fingerprint density at radius 3 is 2.33 bits per heavy atom. The molecule has 0 N–H and O–H groups in total. The summed E-state index contributed by atoms with van der Waals surface area (Å²) >= 11 is 0. The van der Waals surface area contributed by atoms with Crippen LogP contribution in [0.25, 0.3) is 0 Å². The third-order valence-corrected chi connectivity index (χ3v) is 4.48. The largest absolute Gasteiger partial charge is 0.355 e. The van der Waals surface area contributed by atoms with E-state index < -0.39 is 0 Å². The van der Waals surface area contributed by atoms with Crippen molar-refractivity contribution < 1.29 is 4.79 Å². The van der Waals surface area contributed by atoms with Gasteiger partial charge in [0.1, 0.15) is 5.82 Å². The van der Waals surface area contributed by atoms with Crippen LogP contribution in [0.15, 0.2) is 73.2 Å². The van der Waals surface area contributed by atoms with Gasteiger partial charge in [0.25, 0.3) is 5.91 Å². The standard InChI is InChI=1S/C22H24N4O/c1-25(15-12-18-10-13-23-14-11-18)22(27)20-8-9-21(24-16-20)26(2)17-19-6-4-3-5-7-19/h3-11,13-14,16H,12,15,17H2,1-2H3.